The lowest BCUT2D eigenvalue weighted by molar-refractivity contribution is 0.0692. The van der Waals surface area contributed by atoms with E-state index in [9.17, 15) is 18.0 Å². The molecule has 1 aliphatic carbocycles. The quantitative estimate of drug-likeness (QED) is 0.571. The monoisotopic (exact) mass is 270 g/mol. The molecule has 0 saturated heterocycles. The van der Waals surface area contributed by atoms with Gasteiger partial charge in [-0.1, -0.05) is 26.7 Å². The molecule has 0 aliphatic heterocycles. The van der Waals surface area contributed by atoms with E-state index in [0.29, 0.717) is 18.6 Å². The van der Waals surface area contributed by atoms with Gasteiger partial charge in [-0.2, -0.15) is 0 Å². The second-order valence-corrected chi connectivity index (χ2v) is 5.90. The van der Waals surface area contributed by atoms with Gasteiger partial charge in [0.05, 0.1) is 5.56 Å². The van der Waals surface area contributed by atoms with Gasteiger partial charge < -0.3 is 0 Å². The topological polar surface area (TPSA) is 17.1 Å². The number of benzene rings is 1. The van der Waals surface area contributed by atoms with E-state index < -0.39 is 23.2 Å². The van der Waals surface area contributed by atoms with E-state index in [1.54, 1.807) is 0 Å². The average Bonchev–Trinajstić information content (AvgIpc) is 2.32. The first-order chi connectivity index (χ1) is 8.83. The van der Waals surface area contributed by atoms with E-state index in [4.69, 9.17) is 0 Å². The highest BCUT2D eigenvalue weighted by Crippen LogP contribution is 2.42. The fourth-order valence-corrected chi connectivity index (χ4v) is 2.88. The van der Waals surface area contributed by atoms with Crippen molar-refractivity contribution in [2.24, 2.45) is 11.3 Å². The minimum atomic E-state index is -1.27. The zero-order chi connectivity index (χ0) is 14.2. The SMILES string of the molecule is CC1(C)CCCCC1C(=O)c1cc(F)c(F)cc1F. The summed E-state index contributed by atoms with van der Waals surface area (Å²) in [5, 5.41) is 0. The summed E-state index contributed by atoms with van der Waals surface area (Å²) in [7, 11) is 0. The number of ketones is 1. The fraction of sp³-hybridized carbons (Fsp3) is 0.533. The third-order valence-corrected chi connectivity index (χ3v) is 4.10. The van der Waals surface area contributed by atoms with Gasteiger partial charge in [-0.3, -0.25) is 4.79 Å². The van der Waals surface area contributed by atoms with Crippen molar-refractivity contribution in [2.75, 3.05) is 0 Å². The smallest absolute Gasteiger partial charge is 0.169 e. The molecule has 104 valence electrons. The van der Waals surface area contributed by atoms with Crippen molar-refractivity contribution in [3.8, 4) is 0 Å². The Morgan fingerprint density at radius 2 is 1.74 bits per heavy atom. The minimum Gasteiger partial charge on any atom is -0.294 e. The van der Waals surface area contributed by atoms with Crippen molar-refractivity contribution < 1.29 is 18.0 Å². The van der Waals surface area contributed by atoms with Crippen LogP contribution in [0, 0.1) is 28.8 Å². The molecular weight excluding hydrogens is 253 g/mol. The summed E-state index contributed by atoms with van der Waals surface area (Å²) in [5.74, 6) is -4.18. The largest absolute Gasteiger partial charge is 0.294 e. The number of halogens is 3. The molecular formula is C15H17F3O. The van der Waals surface area contributed by atoms with Gasteiger partial charge in [0, 0.05) is 12.0 Å². The van der Waals surface area contributed by atoms with Gasteiger partial charge in [-0.25, -0.2) is 13.2 Å². The zero-order valence-corrected chi connectivity index (χ0v) is 11.1. The molecule has 0 aromatic heterocycles. The molecule has 0 N–H and O–H groups in total. The van der Waals surface area contributed by atoms with Gasteiger partial charge in [0.15, 0.2) is 17.4 Å². The van der Waals surface area contributed by atoms with Crippen LogP contribution in [0.15, 0.2) is 12.1 Å². The Labute approximate surface area is 110 Å². The molecule has 1 atom stereocenters. The summed E-state index contributed by atoms with van der Waals surface area (Å²) in [6.45, 7) is 3.93. The molecule has 0 spiro atoms. The highest BCUT2D eigenvalue weighted by atomic mass is 19.2. The summed E-state index contributed by atoms with van der Waals surface area (Å²) in [6, 6.07) is 1.12. The van der Waals surface area contributed by atoms with Gasteiger partial charge >= 0.3 is 0 Å². The van der Waals surface area contributed by atoms with Crippen molar-refractivity contribution in [1.29, 1.82) is 0 Å². The Kier molecular flexibility index (Phi) is 3.70. The van der Waals surface area contributed by atoms with Crippen LogP contribution in [0.5, 0.6) is 0 Å². The van der Waals surface area contributed by atoms with Crippen LogP contribution in [0.2, 0.25) is 0 Å². The number of carbonyl (C=O) groups is 1. The van der Waals surface area contributed by atoms with Crippen LogP contribution < -0.4 is 0 Å². The molecule has 0 bridgehead atoms. The van der Waals surface area contributed by atoms with Crippen LogP contribution in [0.4, 0.5) is 13.2 Å². The predicted octanol–water partition coefficient (Wildman–Crippen LogP) is 4.50. The summed E-state index contributed by atoms with van der Waals surface area (Å²) < 4.78 is 39.7. The Bertz CT molecular complexity index is 508. The van der Waals surface area contributed by atoms with E-state index in [2.05, 4.69) is 0 Å². The first kappa shape index (κ1) is 14.1. The van der Waals surface area contributed by atoms with Crippen LogP contribution in [0.3, 0.4) is 0 Å². The normalized spacial score (nSPS) is 22.3. The zero-order valence-electron chi connectivity index (χ0n) is 11.1. The number of hydrogen-bond donors (Lipinski definition) is 0. The van der Waals surface area contributed by atoms with E-state index in [-0.39, 0.29) is 16.9 Å². The Morgan fingerprint density at radius 1 is 1.11 bits per heavy atom. The molecule has 19 heavy (non-hydrogen) atoms. The van der Waals surface area contributed by atoms with Gasteiger partial charge in [0.2, 0.25) is 0 Å². The van der Waals surface area contributed by atoms with Crippen LogP contribution in [0.1, 0.15) is 49.9 Å². The summed E-state index contributed by atoms with van der Waals surface area (Å²) in [6.07, 6.45) is 3.50. The predicted molar refractivity (Wildman–Crippen MR) is 66.4 cm³/mol. The molecule has 1 fully saturated rings. The van der Waals surface area contributed by atoms with Crippen molar-refractivity contribution in [1.82, 2.24) is 0 Å². The second-order valence-electron chi connectivity index (χ2n) is 5.90. The molecule has 1 saturated carbocycles. The van der Waals surface area contributed by atoms with Crippen molar-refractivity contribution in [3.63, 3.8) is 0 Å². The molecule has 1 aromatic carbocycles. The second kappa shape index (κ2) is 4.99. The van der Waals surface area contributed by atoms with Crippen molar-refractivity contribution >= 4 is 5.78 Å². The lowest BCUT2D eigenvalue weighted by Gasteiger charge is -2.37. The van der Waals surface area contributed by atoms with Crippen LogP contribution in [-0.4, -0.2) is 5.78 Å². The van der Waals surface area contributed by atoms with Crippen LogP contribution in [0.25, 0.3) is 0 Å². The molecule has 2 rings (SSSR count). The fourth-order valence-electron chi connectivity index (χ4n) is 2.88. The van der Waals surface area contributed by atoms with E-state index in [1.165, 1.54) is 0 Å². The molecule has 0 heterocycles. The molecule has 1 unspecified atom stereocenters. The molecule has 1 nitrogen and oxygen atoms in total. The average molecular weight is 270 g/mol. The summed E-state index contributed by atoms with van der Waals surface area (Å²) >= 11 is 0. The number of hydrogen-bond acceptors (Lipinski definition) is 1. The lowest BCUT2D eigenvalue weighted by Crippen LogP contribution is -2.34. The number of rotatable bonds is 2. The third-order valence-electron chi connectivity index (χ3n) is 4.10. The van der Waals surface area contributed by atoms with Crippen molar-refractivity contribution in [2.45, 2.75) is 39.5 Å². The van der Waals surface area contributed by atoms with E-state index >= 15 is 0 Å². The molecule has 4 heteroatoms. The van der Waals surface area contributed by atoms with Gasteiger partial charge in [-0.15, -0.1) is 0 Å². The molecule has 0 amide bonds. The molecule has 0 radical (unpaired) electrons. The maximum absolute atomic E-state index is 13.7. The standard InChI is InChI=1S/C15H17F3O/c1-15(2)6-4-3-5-10(15)14(19)9-7-12(17)13(18)8-11(9)16/h7-8,10H,3-6H2,1-2H3. The first-order valence-corrected chi connectivity index (χ1v) is 6.51. The Hall–Kier alpha value is -1.32. The maximum Gasteiger partial charge on any atom is 0.169 e. The van der Waals surface area contributed by atoms with Gasteiger partial charge in [0.1, 0.15) is 5.82 Å². The minimum absolute atomic E-state index is 0.230. The highest BCUT2D eigenvalue weighted by Gasteiger charge is 2.38. The highest BCUT2D eigenvalue weighted by molar-refractivity contribution is 5.98. The van der Waals surface area contributed by atoms with Crippen molar-refractivity contribution in [3.05, 3.63) is 35.1 Å². The van der Waals surface area contributed by atoms with Gasteiger partial charge in [0.25, 0.3) is 0 Å². The third kappa shape index (κ3) is 2.67. The van der Waals surface area contributed by atoms with Crippen LogP contribution in [-0.2, 0) is 0 Å². The van der Waals surface area contributed by atoms with E-state index in [1.807, 2.05) is 13.8 Å². The van der Waals surface area contributed by atoms with Crippen LogP contribution >= 0.6 is 0 Å². The van der Waals surface area contributed by atoms with E-state index in [0.717, 1.165) is 19.3 Å². The number of Topliss-reactive ketones (excluding diaryl/α,β-unsaturated/α-hetero) is 1. The molecule has 1 aliphatic rings. The maximum atomic E-state index is 13.7. The Morgan fingerprint density at radius 3 is 2.37 bits per heavy atom. The lowest BCUT2D eigenvalue weighted by atomic mass is 9.66. The first-order valence-electron chi connectivity index (χ1n) is 6.51. The van der Waals surface area contributed by atoms with Gasteiger partial charge in [-0.05, 0) is 24.3 Å². The Balaban J connectivity index is 2.36. The summed E-state index contributed by atoms with van der Waals surface area (Å²) in [4.78, 5) is 12.4. The number of carbonyl (C=O) groups excluding carboxylic acids is 1. The summed E-state index contributed by atoms with van der Waals surface area (Å²) in [5.41, 5.74) is -0.564. The molecule has 1 aromatic rings.